The largest absolute Gasteiger partial charge is 0.326 e. The molecule has 1 unspecified atom stereocenters. The molecule has 0 aromatic heterocycles. The lowest BCUT2D eigenvalue weighted by Gasteiger charge is -2.26. The number of piperidine rings is 1. The Balaban J connectivity index is 1.24. The maximum Gasteiger partial charge on any atom is 0.238 e. The van der Waals surface area contributed by atoms with Crippen LogP contribution in [0.2, 0.25) is 0 Å². The summed E-state index contributed by atoms with van der Waals surface area (Å²) in [6, 6.07) is 33.5. The van der Waals surface area contributed by atoms with E-state index in [-0.39, 0.29) is 18.2 Å². The monoisotopic (exact) mass is 542 g/mol. The number of nitrogens with zero attached hydrogens (tertiary/aromatic N) is 2. The lowest BCUT2D eigenvalue weighted by molar-refractivity contribution is -0.116. The van der Waals surface area contributed by atoms with E-state index in [1.54, 1.807) is 0 Å². The van der Waals surface area contributed by atoms with Gasteiger partial charge in [-0.25, -0.2) is 0 Å². The number of aliphatic imine (C=N–C) groups is 1. The summed E-state index contributed by atoms with van der Waals surface area (Å²) in [6.07, 6.45) is 4.16. The van der Waals surface area contributed by atoms with E-state index in [1.165, 1.54) is 24.8 Å². The van der Waals surface area contributed by atoms with Crippen LogP contribution < -0.4 is 10.6 Å². The van der Waals surface area contributed by atoms with Crippen LogP contribution in [0.25, 0.3) is 0 Å². The van der Waals surface area contributed by atoms with Gasteiger partial charge in [0.2, 0.25) is 11.8 Å². The van der Waals surface area contributed by atoms with E-state index in [9.17, 15) is 9.59 Å². The number of hydrogen-bond acceptors (Lipinski definition) is 4. The van der Waals surface area contributed by atoms with Crippen LogP contribution in [0.5, 0.6) is 0 Å². The van der Waals surface area contributed by atoms with E-state index < -0.39 is 5.92 Å². The number of anilines is 2. The molecule has 41 heavy (non-hydrogen) atoms. The molecule has 4 aromatic carbocycles. The van der Waals surface area contributed by atoms with Gasteiger partial charge in [0.05, 0.1) is 17.8 Å². The van der Waals surface area contributed by atoms with Crippen molar-refractivity contribution < 1.29 is 9.59 Å². The first-order valence-corrected chi connectivity index (χ1v) is 14.4. The number of carbonyl (C=O) groups excluding carboxylic acids is 2. The van der Waals surface area contributed by atoms with Crippen LogP contribution in [0.4, 0.5) is 17.1 Å². The Labute approximate surface area is 241 Å². The van der Waals surface area contributed by atoms with Gasteiger partial charge in [0.1, 0.15) is 5.92 Å². The van der Waals surface area contributed by atoms with Crippen molar-refractivity contribution in [2.75, 3.05) is 23.7 Å². The first-order valence-electron chi connectivity index (χ1n) is 14.4. The topological polar surface area (TPSA) is 73.8 Å². The molecule has 0 saturated carbocycles. The Kier molecular flexibility index (Phi) is 8.01. The number of rotatable bonds is 8. The summed E-state index contributed by atoms with van der Waals surface area (Å²) in [7, 11) is 0. The fourth-order valence-corrected chi connectivity index (χ4v) is 5.69. The van der Waals surface area contributed by atoms with Crippen molar-refractivity contribution in [3.05, 3.63) is 125 Å². The van der Waals surface area contributed by atoms with Gasteiger partial charge < -0.3 is 10.6 Å². The smallest absolute Gasteiger partial charge is 0.238 e. The minimum absolute atomic E-state index is 0.104. The summed E-state index contributed by atoms with van der Waals surface area (Å²) >= 11 is 0. The number of nitrogens with one attached hydrogen (secondary N) is 2. The van der Waals surface area contributed by atoms with E-state index in [4.69, 9.17) is 4.99 Å². The fraction of sp³-hybridized carbons (Fsp3) is 0.229. The second-order valence-electron chi connectivity index (χ2n) is 10.8. The summed E-state index contributed by atoms with van der Waals surface area (Å²) in [5, 5.41) is 5.99. The van der Waals surface area contributed by atoms with E-state index in [0.29, 0.717) is 17.1 Å². The number of amides is 2. The summed E-state index contributed by atoms with van der Waals surface area (Å²) in [5.74, 6) is -0.793. The van der Waals surface area contributed by atoms with Crippen molar-refractivity contribution in [3.63, 3.8) is 0 Å². The molecule has 6 nitrogen and oxygen atoms in total. The van der Waals surface area contributed by atoms with E-state index in [2.05, 4.69) is 27.7 Å². The van der Waals surface area contributed by atoms with Gasteiger partial charge in [0.15, 0.2) is 0 Å². The molecule has 6 rings (SSSR count). The maximum absolute atomic E-state index is 13.4. The molecule has 2 heterocycles. The fourth-order valence-electron chi connectivity index (χ4n) is 5.69. The van der Waals surface area contributed by atoms with Crippen LogP contribution in [0.1, 0.15) is 47.4 Å². The van der Waals surface area contributed by atoms with Gasteiger partial charge in [0, 0.05) is 17.9 Å². The molecule has 1 saturated heterocycles. The summed E-state index contributed by atoms with van der Waals surface area (Å²) < 4.78 is 0. The van der Waals surface area contributed by atoms with Crippen LogP contribution in [0.3, 0.4) is 0 Å². The molecule has 4 aromatic rings. The molecular weight excluding hydrogens is 508 g/mol. The van der Waals surface area contributed by atoms with Gasteiger partial charge in [-0.15, -0.1) is 0 Å². The highest BCUT2D eigenvalue weighted by atomic mass is 16.2. The highest BCUT2D eigenvalue weighted by Gasteiger charge is 2.35. The normalized spacial score (nSPS) is 17.1. The molecule has 2 aliphatic heterocycles. The van der Waals surface area contributed by atoms with E-state index in [0.717, 1.165) is 42.0 Å². The SMILES string of the molecule is O=C(Cc1ccccc1)Nc1ccc2c(c1)NC(=O)C2C(=Nc1ccc(CN2CCCCC2)cc1)c1ccccc1. The third-order valence-electron chi connectivity index (χ3n) is 7.76. The molecule has 0 aliphatic carbocycles. The molecular formula is C35H34N4O2. The zero-order valence-corrected chi connectivity index (χ0v) is 23.1. The molecule has 1 fully saturated rings. The van der Waals surface area contributed by atoms with Gasteiger partial charge in [-0.2, -0.15) is 0 Å². The Bertz CT molecular complexity index is 1540. The van der Waals surface area contributed by atoms with Crippen molar-refractivity contribution in [3.8, 4) is 0 Å². The Morgan fingerprint density at radius 1 is 0.829 bits per heavy atom. The lowest BCUT2D eigenvalue weighted by Crippen LogP contribution is -2.28. The van der Waals surface area contributed by atoms with Crippen molar-refractivity contribution in [2.24, 2.45) is 4.99 Å². The second kappa shape index (κ2) is 12.3. The highest BCUT2D eigenvalue weighted by Crippen LogP contribution is 2.38. The molecule has 2 N–H and O–H groups in total. The Morgan fingerprint density at radius 3 is 2.27 bits per heavy atom. The zero-order valence-electron chi connectivity index (χ0n) is 23.1. The standard InChI is InChI=1S/C35H34N4O2/c40-32(22-25-10-4-1-5-11-25)36-29-18-19-30-31(23-29)38-35(41)33(30)34(27-12-6-2-7-13-27)37-28-16-14-26(15-17-28)24-39-20-8-3-9-21-39/h1-2,4-7,10-19,23,33H,3,8-9,20-22,24H2,(H,36,40)(H,38,41). The van der Waals surface area contributed by atoms with Crippen LogP contribution in [0, 0.1) is 0 Å². The quantitative estimate of drug-likeness (QED) is 0.243. The van der Waals surface area contributed by atoms with E-state index >= 15 is 0 Å². The molecule has 0 radical (unpaired) electrons. The van der Waals surface area contributed by atoms with Crippen molar-refractivity contribution in [2.45, 2.75) is 38.1 Å². The van der Waals surface area contributed by atoms with Crippen LogP contribution in [-0.2, 0) is 22.6 Å². The average Bonchev–Trinajstić information content (AvgIpc) is 3.32. The van der Waals surface area contributed by atoms with Gasteiger partial charge in [0.25, 0.3) is 0 Å². The van der Waals surface area contributed by atoms with Gasteiger partial charge in [-0.3, -0.25) is 19.5 Å². The minimum atomic E-state index is -0.561. The third-order valence-corrected chi connectivity index (χ3v) is 7.76. The van der Waals surface area contributed by atoms with Crippen molar-refractivity contribution in [1.29, 1.82) is 0 Å². The lowest BCUT2D eigenvalue weighted by atomic mass is 9.90. The van der Waals surface area contributed by atoms with Crippen molar-refractivity contribution >= 4 is 34.6 Å². The maximum atomic E-state index is 13.4. The molecule has 206 valence electrons. The molecule has 2 aliphatic rings. The van der Waals surface area contributed by atoms with Crippen LogP contribution >= 0.6 is 0 Å². The molecule has 2 amide bonds. The third kappa shape index (κ3) is 6.44. The molecule has 6 heteroatoms. The number of carbonyl (C=O) groups is 2. The number of benzene rings is 4. The van der Waals surface area contributed by atoms with Crippen LogP contribution in [0.15, 0.2) is 108 Å². The number of hydrogen-bond donors (Lipinski definition) is 2. The van der Waals surface area contributed by atoms with Crippen molar-refractivity contribution in [1.82, 2.24) is 4.90 Å². The van der Waals surface area contributed by atoms with Gasteiger partial charge in [-0.1, -0.05) is 85.3 Å². The molecule has 0 spiro atoms. The Hall–Kier alpha value is -4.55. The predicted octanol–water partition coefficient (Wildman–Crippen LogP) is 6.71. The number of likely N-dealkylation sites (tertiary alicyclic amines) is 1. The number of fused-ring (bicyclic) bond motifs is 1. The summed E-state index contributed by atoms with van der Waals surface area (Å²) in [5.41, 5.74) is 6.83. The minimum Gasteiger partial charge on any atom is -0.326 e. The first kappa shape index (κ1) is 26.7. The van der Waals surface area contributed by atoms with E-state index in [1.807, 2.05) is 91.0 Å². The second-order valence-corrected chi connectivity index (χ2v) is 10.8. The summed E-state index contributed by atoms with van der Waals surface area (Å²) in [4.78, 5) is 33.6. The summed E-state index contributed by atoms with van der Waals surface area (Å²) in [6.45, 7) is 3.28. The average molecular weight is 543 g/mol. The predicted molar refractivity (Wildman–Crippen MR) is 165 cm³/mol. The highest BCUT2D eigenvalue weighted by molar-refractivity contribution is 6.24. The molecule has 1 atom stereocenters. The van der Waals surface area contributed by atoms with Gasteiger partial charge in [-0.05, 0) is 72.5 Å². The zero-order chi connectivity index (χ0) is 28.0. The Morgan fingerprint density at radius 2 is 1.54 bits per heavy atom. The molecule has 0 bridgehead atoms. The first-order chi connectivity index (χ1) is 20.1. The van der Waals surface area contributed by atoms with Crippen LogP contribution in [-0.4, -0.2) is 35.5 Å². The van der Waals surface area contributed by atoms with Gasteiger partial charge >= 0.3 is 0 Å².